The molecule has 18 heavy (non-hydrogen) atoms. The predicted octanol–water partition coefficient (Wildman–Crippen LogP) is 1.31. The molecule has 0 spiro atoms. The smallest absolute Gasteiger partial charge is 0.323 e. The van der Waals surface area contributed by atoms with E-state index in [2.05, 4.69) is 4.98 Å². The molecule has 0 saturated heterocycles. The number of rotatable bonds is 4. The molecule has 2 aromatic rings. The van der Waals surface area contributed by atoms with E-state index in [0.29, 0.717) is 13.0 Å². The van der Waals surface area contributed by atoms with Crippen LogP contribution in [-0.4, -0.2) is 28.7 Å². The number of carbonyl (C=O) groups is 1. The summed E-state index contributed by atoms with van der Waals surface area (Å²) in [5, 5.41) is 10.3. The van der Waals surface area contributed by atoms with Crippen molar-refractivity contribution in [3.8, 4) is 5.75 Å². The molecular weight excluding hydrogens is 232 g/mol. The number of nitrogens with two attached hydrogens (primary N) is 1. The van der Waals surface area contributed by atoms with Crippen LogP contribution in [0.4, 0.5) is 0 Å². The Morgan fingerprint density at radius 1 is 1.56 bits per heavy atom. The number of benzene rings is 1. The third-order valence-electron chi connectivity index (χ3n) is 2.78. The van der Waals surface area contributed by atoms with Crippen LogP contribution in [0.5, 0.6) is 5.75 Å². The molecule has 5 heteroatoms. The number of H-pyrrole nitrogens is 1. The number of carbonyl (C=O) groups excluding carboxylic acids is 1. The lowest BCUT2D eigenvalue weighted by Gasteiger charge is -2.09. The van der Waals surface area contributed by atoms with Crippen molar-refractivity contribution in [1.82, 2.24) is 4.98 Å². The highest BCUT2D eigenvalue weighted by Gasteiger charge is 2.17. The molecule has 1 heterocycles. The number of hydrogen-bond acceptors (Lipinski definition) is 4. The highest BCUT2D eigenvalue weighted by atomic mass is 16.5. The number of phenols is 1. The van der Waals surface area contributed by atoms with Gasteiger partial charge in [0.05, 0.1) is 6.61 Å². The lowest BCUT2D eigenvalue weighted by Crippen LogP contribution is -2.34. The van der Waals surface area contributed by atoms with Crippen molar-refractivity contribution in [2.24, 2.45) is 5.73 Å². The zero-order valence-electron chi connectivity index (χ0n) is 10.1. The van der Waals surface area contributed by atoms with Gasteiger partial charge in [-0.3, -0.25) is 4.79 Å². The molecular formula is C13H16N2O3. The number of nitrogens with one attached hydrogen (secondary N) is 1. The van der Waals surface area contributed by atoms with Crippen molar-refractivity contribution >= 4 is 16.9 Å². The van der Waals surface area contributed by atoms with E-state index >= 15 is 0 Å². The Hall–Kier alpha value is -2.01. The fraction of sp³-hybridized carbons (Fsp3) is 0.308. The number of aromatic amines is 1. The van der Waals surface area contributed by atoms with Gasteiger partial charge in [0, 0.05) is 23.5 Å². The third-order valence-corrected chi connectivity index (χ3v) is 2.78. The number of ether oxygens (including phenoxy) is 1. The average Bonchev–Trinajstić information content (AvgIpc) is 2.72. The molecule has 0 bridgehead atoms. The van der Waals surface area contributed by atoms with Crippen LogP contribution < -0.4 is 5.73 Å². The Morgan fingerprint density at radius 2 is 2.33 bits per heavy atom. The van der Waals surface area contributed by atoms with Crippen molar-refractivity contribution in [2.75, 3.05) is 6.61 Å². The number of fused-ring (bicyclic) bond motifs is 1. The van der Waals surface area contributed by atoms with Gasteiger partial charge in [-0.1, -0.05) is 0 Å². The molecule has 0 fully saturated rings. The summed E-state index contributed by atoms with van der Waals surface area (Å²) in [6.07, 6.45) is 2.17. The summed E-state index contributed by atoms with van der Waals surface area (Å²) in [6, 6.07) is 4.35. The van der Waals surface area contributed by atoms with Crippen LogP contribution >= 0.6 is 0 Å². The van der Waals surface area contributed by atoms with E-state index in [1.165, 1.54) is 0 Å². The maximum Gasteiger partial charge on any atom is 0.323 e. The van der Waals surface area contributed by atoms with Gasteiger partial charge in [-0.2, -0.15) is 0 Å². The van der Waals surface area contributed by atoms with Gasteiger partial charge in [-0.25, -0.2) is 0 Å². The molecule has 0 aliphatic carbocycles. The quantitative estimate of drug-likeness (QED) is 0.712. The zero-order chi connectivity index (χ0) is 13.1. The first-order chi connectivity index (χ1) is 8.61. The molecule has 0 aliphatic heterocycles. The van der Waals surface area contributed by atoms with Crippen LogP contribution in [0.2, 0.25) is 0 Å². The molecule has 5 nitrogen and oxygen atoms in total. The van der Waals surface area contributed by atoms with Crippen LogP contribution in [0.25, 0.3) is 10.9 Å². The van der Waals surface area contributed by atoms with E-state index in [1.54, 1.807) is 31.3 Å². The van der Waals surface area contributed by atoms with Crippen LogP contribution in [0.3, 0.4) is 0 Å². The van der Waals surface area contributed by atoms with Gasteiger partial charge in [0.25, 0.3) is 0 Å². The topological polar surface area (TPSA) is 88.3 Å². The Labute approximate surface area is 105 Å². The second kappa shape index (κ2) is 5.10. The Balaban J connectivity index is 2.21. The van der Waals surface area contributed by atoms with Crippen molar-refractivity contribution in [1.29, 1.82) is 0 Å². The minimum Gasteiger partial charge on any atom is -0.508 e. The summed E-state index contributed by atoms with van der Waals surface area (Å²) in [5.41, 5.74) is 7.56. The van der Waals surface area contributed by atoms with E-state index in [1.807, 2.05) is 0 Å². The number of aromatic hydroxyl groups is 1. The standard InChI is InChI=1S/C13H16N2O3/c1-2-18-13(17)11(14)5-8-7-15-12-4-3-9(16)6-10(8)12/h3-4,6-7,11,15-16H,2,5,14H2,1H3/t11-/m0/s1. The molecule has 0 unspecified atom stereocenters. The molecule has 1 atom stereocenters. The average molecular weight is 248 g/mol. The monoisotopic (exact) mass is 248 g/mol. The minimum atomic E-state index is -0.689. The van der Waals surface area contributed by atoms with Gasteiger partial charge < -0.3 is 20.6 Å². The van der Waals surface area contributed by atoms with Gasteiger partial charge in [-0.05, 0) is 30.7 Å². The molecule has 4 N–H and O–H groups in total. The third kappa shape index (κ3) is 2.46. The molecule has 96 valence electrons. The second-order valence-corrected chi connectivity index (χ2v) is 4.11. The number of aromatic nitrogens is 1. The van der Waals surface area contributed by atoms with E-state index in [9.17, 15) is 9.90 Å². The largest absolute Gasteiger partial charge is 0.508 e. The maximum atomic E-state index is 11.5. The first-order valence-electron chi connectivity index (χ1n) is 5.83. The molecule has 0 amide bonds. The van der Waals surface area contributed by atoms with Crippen molar-refractivity contribution in [2.45, 2.75) is 19.4 Å². The molecule has 1 aromatic heterocycles. The van der Waals surface area contributed by atoms with Gasteiger partial charge in [-0.15, -0.1) is 0 Å². The van der Waals surface area contributed by atoms with Crippen LogP contribution in [0.1, 0.15) is 12.5 Å². The molecule has 0 aliphatic rings. The van der Waals surface area contributed by atoms with E-state index in [4.69, 9.17) is 10.5 Å². The molecule has 0 radical (unpaired) electrons. The van der Waals surface area contributed by atoms with Crippen molar-refractivity contribution < 1.29 is 14.6 Å². The SMILES string of the molecule is CCOC(=O)[C@@H](N)Cc1c[nH]c2ccc(O)cc12. The van der Waals surface area contributed by atoms with Crippen LogP contribution in [0.15, 0.2) is 24.4 Å². The summed E-state index contributed by atoms with van der Waals surface area (Å²) >= 11 is 0. The molecule has 0 saturated carbocycles. The van der Waals surface area contributed by atoms with E-state index < -0.39 is 12.0 Å². The lowest BCUT2D eigenvalue weighted by atomic mass is 10.1. The van der Waals surface area contributed by atoms with Gasteiger partial charge >= 0.3 is 5.97 Å². The summed E-state index contributed by atoms with van der Waals surface area (Å²) in [4.78, 5) is 14.5. The fourth-order valence-electron chi connectivity index (χ4n) is 1.90. The van der Waals surface area contributed by atoms with Crippen molar-refractivity contribution in [3.63, 3.8) is 0 Å². The van der Waals surface area contributed by atoms with Crippen LogP contribution in [0, 0.1) is 0 Å². The predicted molar refractivity (Wildman–Crippen MR) is 68.3 cm³/mol. The maximum absolute atomic E-state index is 11.5. The van der Waals surface area contributed by atoms with Gasteiger partial charge in [0.15, 0.2) is 0 Å². The first kappa shape index (κ1) is 12.4. The van der Waals surface area contributed by atoms with Crippen LogP contribution in [-0.2, 0) is 16.0 Å². The number of hydrogen-bond donors (Lipinski definition) is 3. The summed E-state index contributed by atoms with van der Waals surface area (Å²) in [5.74, 6) is -0.222. The Kier molecular flexibility index (Phi) is 3.53. The highest BCUT2D eigenvalue weighted by Crippen LogP contribution is 2.23. The number of phenolic OH excluding ortho intramolecular Hbond substituents is 1. The summed E-state index contributed by atoms with van der Waals surface area (Å²) in [7, 11) is 0. The Bertz CT molecular complexity index is 562. The molecule has 1 aromatic carbocycles. The normalized spacial score (nSPS) is 12.6. The zero-order valence-corrected chi connectivity index (χ0v) is 10.1. The minimum absolute atomic E-state index is 0.188. The lowest BCUT2D eigenvalue weighted by molar-refractivity contribution is -0.144. The van der Waals surface area contributed by atoms with E-state index in [0.717, 1.165) is 16.5 Å². The fourth-order valence-corrected chi connectivity index (χ4v) is 1.90. The Morgan fingerprint density at radius 3 is 3.06 bits per heavy atom. The van der Waals surface area contributed by atoms with Crippen molar-refractivity contribution in [3.05, 3.63) is 30.0 Å². The summed E-state index contributed by atoms with van der Waals surface area (Å²) in [6.45, 7) is 2.07. The molecule has 2 rings (SSSR count). The van der Waals surface area contributed by atoms with Gasteiger partial charge in [0.1, 0.15) is 11.8 Å². The van der Waals surface area contributed by atoms with E-state index in [-0.39, 0.29) is 5.75 Å². The first-order valence-corrected chi connectivity index (χ1v) is 5.83. The second-order valence-electron chi connectivity index (χ2n) is 4.11. The number of esters is 1. The summed E-state index contributed by atoms with van der Waals surface area (Å²) < 4.78 is 4.86. The van der Waals surface area contributed by atoms with Gasteiger partial charge in [0.2, 0.25) is 0 Å². The highest BCUT2D eigenvalue weighted by molar-refractivity contribution is 5.85.